The Morgan fingerprint density at radius 2 is 1.77 bits per heavy atom. The van der Waals surface area contributed by atoms with E-state index in [1.807, 2.05) is 0 Å². The van der Waals surface area contributed by atoms with Crippen LogP contribution in [0.15, 0.2) is 41.3 Å². The first-order chi connectivity index (χ1) is 12.0. The van der Waals surface area contributed by atoms with E-state index in [1.165, 1.54) is 18.2 Å². The van der Waals surface area contributed by atoms with Gasteiger partial charge in [-0.3, -0.25) is 14.9 Å². The highest BCUT2D eigenvalue weighted by Crippen LogP contribution is 2.37. The molecule has 0 bridgehead atoms. The summed E-state index contributed by atoms with van der Waals surface area (Å²) < 4.78 is 42.2. The Kier molecular flexibility index (Phi) is 5.60. The van der Waals surface area contributed by atoms with Gasteiger partial charge < -0.3 is 0 Å². The molecule has 0 saturated carbocycles. The summed E-state index contributed by atoms with van der Waals surface area (Å²) in [5, 5.41) is -0.265. The van der Waals surface area contributed by atoms with Gasteiger partial charge in [0.25, 0.3) is 15.9 Å². The molecule has 2 aromatic rings. The summed E-state index contributed by atoms with van der Waals surface area (Å²) in [7, 11) is -4.05. The highest BCUT2D eigenvalue weighted by Gasteiger charge is 2.29. The maximum atomic E-state index is 14.8. The van der Waals surface area contributed by atoms with Gasteiger partial charge in [-0.05, 0) is 29.2 Å². The number of halogens is 2. The fraction of sp³-hybridized carbons (Fsp3) is 0.235. The Morgan fingerprint density at radius 1 is 1.19 bits per heavy atom. The van der Waals surface area contributed by atoms with E-state index in [0.717, 1.165) is 0 Å². The third-order valence-corrected chi connectivity index (χ3v) is 5.42. The zero-order chi connectivity index (χ0) is 19.7. The van der Waals surface area contributed by atoms with E-state index < -0.39 is 32.7 Å². The largest absolute Gasteiger partial charge is 0.290 e. The number of nitrogens with one attached hydrogen (secondary N) is 2. The predicted molar refractivity (Wildman–Crippen MR) is 99.0 cm³/mol. The minimum absolute atomic E-state index is 0.0354. The molecule has 6 nitrogen and oxygen atoms in total. The second-order valence-electron chi connectivity index (χ2n) is 6.62. The molecule has 0 radical (unpaired) electrons. The number of anilines is 1. The molecule has 4 N–H and O–H groups in total. The van der Waals surface area contributed by atoms with Gasteiger partial charge in [0.05, 0.1) is 15.6 Å². The number of hydrogen-bond donors (Lipinski definition) is 3. The van der Waals surface area contributed by atoms with Crippen LogP contribution in [0, 0.1) is 5.82 Å². The molecule has 0 heterocycles. The second kappa shape index (κ2) is 7.22. The van der Waals surface area contributed by atoms with Gasteiger partial charge in [0.2, 0.25) is 0 Å². The number of benzene rings is 2. The fourth-order valence-corrected chi connectivity index (χ4v) is 3.87. The van der Waals surface area contributed by atoms with Crippen molar-refractivity contribution < 1.29 is 17.6 Å². The van der Waals surface area contributed by atoms with Crippen molar-refractivity contribution in [1.82, 2.24) is 5.43 Å². The van der Waals surface area contributed by atoms with Crippen LogP contribution in [0.1, 0.15) is 36.7 Å². The van der Waals surface area contributed by atoms with Crippen molar-refractivity contribution in [2.75, 3.05) is 4.72 Å². The van der Waals surface area contributed by atoms with Gasteiger partial charge in [-0.1, -0.05) is 50.6 Å². The van der Waals surface area contributed by atoms with Crippen LogP contribution in [0.25, 0.3) is 0 Å². The molecule has 0 spiro atoms. The number of nitrogen functional groups attached to an aromatic ring is 1. The maximum absolute atomic E-state index is 14.8. The van der Waals surface area contributed by atoms with Gasteiger partial charge in [-0.2, -0.15) is 0 Å². The monoisotopic (exact) mass is 399 g/mol. The van der Waals surface area contributed by atoms with Gasteiger partial charge in [0, 0.05) is 0 Å². The standard InChI is InChI=1S/C17H19ClFN3O3S/c1-17(2,3)11-9-12(13(16(23)21-20)15(19)14(11)18)22-26(24,25)10-7-5-4-6-8-10/h4-9,22H,20H2,1-3H3,(H,21,23). The maximum Gasteiger partial charge on any atom is 0.270 e. The van der Waals surface area contributed by atoms with Crippen LogP contribution in [0.3, 0.4) is 0 Å². The first-order valence-electron chi connectivity index (χ1n) is 7.60. The van der Waals surface area contributed by atoms with Crippen molar-refractivity contribution in [3.63, 3.8) is 0 Å². The smallest absolute Gasteiger partial charge is 0.270 e. The van der Waals surface area contributed by atoms with E-state index in [-0.39, 0.29) is 15.6 Å². The second-order valence-corrected chi connectivity index (χ2v) is 8.68. The van der Waals surface area contributed by atoms with Gasteiger partial charge >= 0.3 is 0 Å². The summed E-state index contributed by atoms with van der Waals surface area (Å²) in [6.45, 7) is 5.35. The van der Waals surface area contributed by atoms with Gasteiger partial charge in [-0.25, -0.2) is 18.7 Å². The molecular formula is C17H19ClFN3O3S. The minimum atomic E-state index is -4.05. The van der Waals surface area contributed by atoms with Crippen molar-refractivity contribution in [2.24, 2.45) is 5.84 Å². The molecule has 0 unspecified atom stereocenters. The van der Waals surface area contributed by atoms with Crippen LogP contribution >= 0.6 is 11.6 Å². The van der Waals surface area contributed by atoms with Crippen LogP contribution in [0.2, 0.25) is 5.02 Å². The fourth-order valence-electron chi connectivity index (χ4n) is 2.35. The average Bonchev–Trinajstić information content (AvgIpc) is 2.57. The van der Waals surface area contributed by atoms with Crippen LogP contribution in [0.5, 0.6) is 0 Å². The van der Waals surface area contributed by atoms with E-state index in [9.17, 15) is 17.6 Å². The Bertz CT molecular complexity index is 942. The van der Waals surface area contributed by atoms with Gasteiger partial charge in [0.1, 0.15) is 5.56 Å². The predicted octanol–water partition coefficient (Wildman–Crippen LogP) is 3.18. The summed E-state index contributed by atoms with van der Waals surface area (Å²) in [6.07, 6.45) is 0. The molecule has 0 aromatic heterocycles. The van der Waals surface area contributed by atoms with Crippen LogP contribution in [0.4, 0.5) is 10.1 Å². The molecule has 0 aliphatic heterocycles. The third-order valence-electron chi connectivity index (χ3n) is 3.67. The molecule has 26 heavy (non-hydrogen) atoms. The Hall–Kier alpha value is -2.16. The zero-order valence-electron chi connectivity index (χ0n) is 14.4. The van der Waals surface area contributed by atoms with Crippen LogP contribution < -0.4 is 16.0 Å². The van der Waals surface area contributed by atoms with Crippen LogP contribution in [-0.4, -0.2) is 14.3 Å². The SMILES string of the molecule is CC(C)(C)c1cc(NS(=O)(=O)c2ccccc2)c(C(=O)NN)c(F)c1Cl. The molecule has 9 heteroatoms. The van der Waals surface area contributed by atoms with Crippen molar-refractivity contribution in [2.45, 2.75) is 31.1 Å². The number of sulfonamides is 1. The van der Waals surface area contributed by atoms with E-state index in [1.54, 1.807) is 44.4 Å². The zero-order valence-corrected chi connectivity index (χ0v) is 16.0. The normalized spacial score (nSPS) is 11.9. The lowest BCUT2D eigenvalue weighted by atomic mass is 9.85. The lowest BCUT2D eigenvalue weighted by Gasteiger charge is -2.24. The third kappa shape index (κ3) is 3.98. The summed E-state index contributed by atoms with van der Waals surface area (Å²) in [6, 6.07) is 8.85. The van der Waals surface area contributed by atoms with Gasteiger partial charge in [0.15, 0.2) is 5.82 Å². The molecule has 0 atom stereocenters. The van der Waals surface area contributed by atoms with Gasteiger partial charge in [-0.15, -0.1) is 0 Å². The molecular weight excluding hydrogens is 381 g/mol. The van der Waals surface area contributed by atoms with E-state index in [4.69, 9.17) is 17.4 Å². The van der Waals surface area contributed by atoms with Crippen molar-refractivity contribution in [3.05, 3.63) is 58.4 Å². The highest BCUT2D eigenvalue weighted by molar-refractivity contribution is 7.92. The number of carbonyl (C=O) groups excluding carboxylic acids is 1. The molecule has 2 rings (SSSR count). The van der Waals surface area contributed by atoms with E-state index in [2.05, 4.69) is 4.72 Å². The summed E-state index contributed by atoms with van der Waals surface area (Å²) >= 11 is 6.07. The lowest BCUT2D eigenvalue weighted by molar-refractivity contribution is 0.0950. The lowest BCUT2D eigenvalue weighted by Crippen LogP contribution is -2.32. The quantitative estimate of drug-likeness (QED) is 0.417. The Balaban J connectivity index is 2.70. The number of amides is 1. The average molecular weight is 400 g/mol. The van der Waals surface area contributed by atoms with Crippen LogP contribution in [-0.2, 0) is 15.4 Å². The number of hydrazine groups is 1. The van der Waals surface area contributed by atoms with E-state index in [0.29, 0.717) is 5.56 Å². The van der Waals surface area contributed by atoms with Crippen molar-refractivity contribution in [3.8, 4) is 0 Å². The summed E-state index contributed by atoms with van der Waals surface area (Å²) in [4.78, 5) is 12.0. The number of hydrogen-bond acceptors (Lipinski definition) is 4. The van der Waals surface area contributed by atoms with Crippen molar-refractivity contribution >= 4 is 33.2 Å². The minimum Gasteiger partial charge on any atom is -0.290 e. The highest BCUT2D eigenvalue weighted by atomic mass is 35.5. The summed E-state index contributed by atoms with van der Waals surface area (Å²) in [5.74, 6) is 3.05. The molecule has 2 aromatic carbocycles. The number of rotatable bonds is 4. The topological polar surface area (TPSA) is 101 Å². The Labute approximate surface area is 156 Å². The molecule has 0 aliphatic rings. The molecule has 140 valence electrons. The summed E-state index contributed by atoms with van der Waals surface area (Å²) in [5.41, 5.74) is 0.725. The number of nitrogens with two attached hydrogens (primary N) is 1. The molecule has 0 fully saturated rings. The first kappa shape index (κ1) is 20.2. The molecule has 0 saturated heterocycles. The number of carbonyl (C=O) groups is 1. The van der Waals surface area contributed by atoms with E-state index >= 15 is 0 Å². The Morgan fingerprint density at radius 3 is 2.27 bits per heavy atom. The first-order valence-corrected chi connectivity index (χ1v) is 9.46. The molecule has 1 amide bonds. The van der Waals surface area contributed by atoms with Crippen molar-refractivity contribution in [1.29, 1.82) is 0 Å². The molecule has 0 aliphatic carbocycles.